The Morgan fingerprint density at radius 1 is 1.26 bits per heavy atom. The van der Waals surface area contributed by atoms with E-state index in [0.29, 0.717) is 24.2 Å². The number of aromatic nitrogens is 1. The van der Waals surface area contributed by atoms with Gasteiger partial charge in [0.25, 0.3) is 0 Å². The van der Waals surface area contributed by atoms with Crippen molar-refractivity contribution in [2.24, 2.45) is 0 Å². The molecule has 1 N–H and O–H groups in total. The molecule has 27 heavy (non-hydrogen) atoms. The van der Waals surface area contributed by atoms with Gasteiger partial charge >= 0.3 is 5.97 Å². The van der Waals surface area contributed by atoms with Gasteiger partial charge in [-0.2, -0.15) is 0 Å². The van der Waals surface area contributed by atoms with Crippen molar-refractivity contribution >= 4 is 22.7 Å². The lowest BCUT2D eigenvalue weighted by atomic mass is 9.74. The summed E-state index contributed by atoms with van der Waals surface area (Å²) in [6, 6.07) is 9.73. The second kappa shape index (κ2) is 6.99. The van der Waals surface area contributed by atoms with Crippen LogP contribution < -0.4 is 5.32 Å². The maximum atomic E-state index is 12.9. The predicted octanol–water partition coefficient (Wildman–Crippen LogP) is 3.77. The Kier molecular flexibility index (Phi) is 4.52. The van der Waals surface area contributed by atoms with E-state index in [1.807, 2.05) is 37.3 Å². The Morgan fingerprint density at radius 2 is 2.11 bits per heavy atom. The summed E-state index contributed by atoms with van der Waals surface area (Å²) in [5.74, 6) is -0.705. The van der Waals surface area contributed by atoms with Crippen LogP contribution in [0.5, 0.6) is 0 Å². The summed E-state index contributed by atoms with van der Waals surface area (Å²) >= 11 is 0. The van der Waals surface area contributed by atoms with Crippen molar-refractivity contribution in [2.45, 2.75) is 39.0 Å². The number of nitrogens with zero attached hydrogens (tertiary/aromatic N) is 1. The fourth-order valence-corrected chi connectivity index (χ4v) is 4.15. The number of nitrogens with one attached hydrogen (secondary N) is 1. The Labute approximate surface area is 158 Å². The summed E-state index contributed by atoms with van der Waals surface area (Å²) in [4.78, 5) is 30.2. The minimum atomic E-state index is -0.430. The number of ether oxygens (including phenoxy) is 1. The molecule has 0 saturated carbocycles. The topological polar surface area (TPSA) is 68.3 Å². The molecule has 138 valence electrons. The predicted molar refractivity (Wildman–Crippen MR) is 103 cm³/mol. The number of pyridine rings is 1. The van der Waals surface area contributed by atoms with Gasteiger partial charge in [-0.15, -0.1) is 0 Å². The first-order chi connectivity index (χ1) is 13.1. The molecule has 1 aliphatic heterocycles. The lowest BCUT2D eigenvalue weighted by Gasteiger charge is -2.34. The number of hydrogen-bond donors (Lipinski definition) is 1. The van der Waals surface area contributed by atoms with Gasteiger partial charge in [-0.05, 0) is 44.4 Å². The summed E-state index contributed by atoms with van der Waals surface area (Å²) in [7, 11) is 0. The van der Waals surface area contributed by atoms with Crippen LogP contribution in [-0.4, -0.2) is 23.3 Å². The molecule has 0 saturated heterocycles. The molecular weight excluding hydrogens is 340 g/mol. The number of hydrogen-bond acceptors (Lipinski definition) is 5. The van der Waals surface area contributed by atoms with Crippen LogP contribution in [0.2, 0.25) is 0 Å². The quantitative estimate of drug-likeness (QED) is 0.842. The lowest BCUT2D eigenvalue weighted by Crippen LogP contribution is -2.34. The molecule has 1 unspecified atom stereocenters. The number of esters is 1. The lowest BCUT2D eigenvalue weighted by molar-refractivity contribution is -0.138. The van der Waals surface area contributed by atoms with Gasteiger partial charge in [0.1, 0.15) is 0 Å². The van der Waals surface area contributed by atoms with Crippen molar-refractivity contribution in [3.8, 4) is 0 Å². The van der Waals surface area contributed by atoms with Crippen LogP contribution >= 0.6 is 0 Å². The van der Waals surface area contributed by atoms with Gasteiger partial charge in [-0.1, -0.05) is 18.2 Å². The summed E-state index contributed by atoms with van der Waals surface area (Å²) in [5, 5.41) is 4.26. The number of allylic oxidation sites excluding steroid dienone is 3. The number of ketones is 1. The largest absolute Gasteiger partial charge is 0.463 e. The molecule has 0 radical (unpaired) electrons. The van der Waals surface area contributed by atoms with Crippen molar-refractivity contribution in [1.29, 1.82) is 0 Å². The normalized spacial score (nSPS) is 19.8. The average molecular weight is 362 g/mol. The molecule has 0 spiro atoms. The zero-order valence-corrected chi connectivity index (χ0v) is 15.5. The van der Waals surface area contributed by atoms with Crippen molar-refractivity contribution < 1.29 is 14.3 Å². The van der Waals surface area contributed by atoms with E-state index in [4.69, 9.17) is 4.74 Å². The number of carbonyl (C=O) groups excluding carboxylic acids is 2. The highest BCUT2D eigenvalue weighted by atomic mass is 16.5. The van der Waals surface area contributed by atoms with Gasteiger partial charge < -0.3 is 10.1 Å². The molecule has 1 aliphatic carbocycles. The van der Waals surface area contributed by atoms with E-state index < -0.39 is 5.92 Å². The second-order valence-electron chi connectivity index (χ2n) is 6.90. The van der Waals surface area contributed by atoms with Gasteiger partial charge in [-0.3, -0.25) is 9.78 Å². The average Bonchev–Trinajstić information content (AvgIpc) is 2.67. The molecular formula is C22H22N2O3. The molecule has 4 rings (SSSR count). The molecule has 2 aliphatic rings. The Balaban J connectivity index is 1.98. The number of rotatable bonds is 3. The Morgan fingerprint density at radius 3 is 2.93 bits per heavy atom. The number of fused-ring (bicyclic) bond motifs is 1. The van der Waals surface area contributed by atoms with Crippen LogP contribution in [0.1, 0.15) is 44.6 Å². The minimum absolute atomic E-state index is 0.101. The van der Waals surface area contributed by atoms with Crippen LogP contribution in [0.3, 0.4) is 0 Å². The molecule has 1 atom stereocenters. The molecule has 1 aromatic heterocycles. The van der Waals surface area contributed by atoms with E-state index in [2.05, 4.69) is 10.3 Å². The van der Waals surface area contributed by atoms with Gasteiger partial charge in [0.15, 0.2) is 5.78 Å². The van der Waals surface area contributed by atoms with E-state index in [0.717, 1.165) is 40.7 Å². The fraction of sp³-hybridized carbons (Fsp3) is 0.318. The smallest absolute Gasteiger partial charge is 0.336 e. The summed E-state index contributed by atoms with van der Waals surface area (Å²) in [5.41, 5.74) is 4.68. The van der Waals surface area contributed by atoms with E-state index in [1.54, 1.807) is 13.1 Å². The van der Waals surface area contributed by atoms with Gasteiger partial charge in [0.05, 0.1) is 17.7 Å². The fourth-order valence-electron chi connectivity index (χ4n) is 4.15. The summed E-state index contributed by atoms with van der Waals surface area (Å²) < 4.78 is 5.34. The SMILES string of the molecule is CCOC(=O)C1=C(C)NC2=C(C(=O)CCC2)C1c1cccc2ncccc12. The zero-order valence-electron chi connectivity index (χ0n) is 15.5. The summed E-state index contributed by atoms with van der Waals surface area (Å²) in [6.07, 6.45) is 3.90. The second-order valence-corrected chi connectivity index (χ2v) is 6.90. The summed E-state index contributed by atoms with van der Waals surface area (Å²) in [6.45, 7) is 3.96. The van der Waals surface area contributed by atoms with E-state index in [1.165, 1.54) is 0 Å². The monoisotopic (exact) mass is 362 g/mol. The van der Waals surface area contributed by atoms with Crippen LogP contribution in [0, 0.1) is 0 Å². The van der Waals surface area contributed by atoms with Crippen molar-refractivity contribution in [1.82, 2.24) is 10.3 Å². The number of dihydropyridines is 1. The minimum Gasteiger partial charge on any atom is -0.463 e. The molecule has 0 amide bonds. The molecule has 2 aromatic rings. The zero-order chi connectivity index (χ0) is 19.0. The highest BCUT2D eigenvalue weighted by molar-refractivity contribution is 6.05. The first-order valence-electron chi connectivity index (χ1n) is 9.36. The number of benzene rings is 1. The molecule has 1 aromatic carbocycles. The van der Waals surface area contributed by atoms with Gasteiger partial charge in [0, 0.05) is 40.9 Å². The van der Waals surface area contributed by atoms with Gasteiger partial charge in [-0.25, -0.2) is 4.79 Å². The Bertz CT molecular complexity index is 998. The number of carbonyl (C=O) groups is 2. The maximum absolute atomic E-state index is 12.9. The first-order valence-corrected chi connectivity index (χ1v) is 9.36. The third kappa shape index (κ3) is 2.93. The van der Waals surface area contributed by atoms with Crippen LogP contribution in [0.25, 0.3) is 10.9 Å². The molecule has 5 heteroatoms. The third-order valence-corrected chi connectivity index (χ3v) is 5.26. The van der Waals surface area contributed by atoms with E-state index >= 15 is 0 Å². The van der Waals surface area contributed by atoms with Crippen LogP contribution in [-0.2, 0) is 14.3 Å². The van der Waals surface area contributed by atoms with Crippen LogP contribution in [0.4, 0.5) is 0 Å². The maximum Gasteiger partial charge on any atom is 0.336 e. The highest BCUT2D eigenvalue weighted by Gasteiger charge is 2.39. The molecule has 5 nitrogen and oxygen atoms in total. The van der Waals surface area contributed by atoms with E-state index in [9.17, 15) is 9.59 Å². The van der Waals surface area contributed by atoms with Crippen LogP contribution in [0.15, 0.2) is 59.1 Å². The molecule has 0 bridgehead atoms. The van der Waals surface area contributed by atoms with Gasteiger partial charge in [0.2, 0.25) is 0 Å². The van der Waals surface area contributed by atoms with Crippen molar-refractivity contribution in [3.63, 3.8) is 0 Å². The van der Waals surface area contributed by atoms with E-state index in [-0.39, 0.29) is 11.8 Å². The third-order valence-electron chi connectivity index (χ3n) is 5.26. The Hall–Kier alpha value is -2.95. The van der Waals surface area contributed by atoms with Crippen molar-refractivity contribution in [3.05, 3.63) is 64.6 Å². The number of Topliss-reactive ketones (excluding diaryl/α,β-unsaturated/α-hetero) is 1. The molecule has 2 heterocycles. The van der Waals surface area contributed by atoms with Crippen molar-refractivity contribution in [2.75, 3.05) is 6.61 Å². The first kappa shape index (κ1) is 17.5. The standard InChI is InChI=1S/C22H22N2O3/c1-3-27-22(26)19-13(2)24-17-10-5-11-18(25)21(17)20(19)15-7-4-9-16-14(15)8-6-12-23-16/h4,6-9,12,20,24H,3,5,10-11H2,1-2H3. The highest BCUT2D eigenvalue weighted by Crippen LogP contribution is 2.44. The molecule has 0 fully saturated rings.